The number of hydrogen-bond donors (Lipinski definition) is 0. The third-order valence-electron chi connectivity index (χ3n) is 11.2. The Bertz CT molecular complexity index is 1970. The van der Waals surface area contributed by atoms with Crippen LogP contribution in [0.5, 0.6) is 0 Å². The Balaban J connectivity index is 0.00000260. The van der Waals surface area contributed by atoms with Crippen molar-refractivity contribution in [2.24, 2.45) is 11.3 Å². The molecule has 0 heterocycles. The van der Waals surface area contributed by atoms with E-state index < -0.39 is 18.3 Å². The van der Waals surface area contributed by atoms with Gasteiger partial charge in [0.1, 0.15) is 0 Å². The first-order valence-corrected chi connectivity index (χ1v) is 23.9. The van der Waals surface area contributed by atoms with E-state index >= 15 is 0 Å². The Morgan fingerprint density at radius 3 is 1.75 bits per heavy atom. The quantitative estimate of drug-likeness (QED) is 0.171. The first kappa shape index (κ1) is 38.5. The number of allylic oxidation sites excluding steroid dienone is 4. The van der Waals surface area contributed by atoms with E-state index in [-0.39, 0.29) is 41.1 Å². The van der Waals surface area contributed by atoms with Crippen LogP contribution in [0, 0.1) is 18.3 Å². The molecule has 6 rings (SSSR count). The van der Waals surface area contributed by atoms with Crippen molar-refractivity contribution in [3.05, 3.63) is 134 Å². The number of rotatable bonds is 4. The van der Waals surface area contributed by atoms with Gasteiger partial charge in [0.25, 0.3) is 0 Å². The second-order valence-electron chi connectivity index (χ2n) is 17.5. The molecule has 0 N–H and O–H groups in total. The molecule has 1 atom stereocenters. The summed E-state index contributed by atoms with van der Waals surface area (Å²) in [5.74, 6) is 0.295. The van der Waals surface area contributed by atoms with Crippen LogP contribution in [0.4, 0.5) is 0 Å². The van der Waals surface area contributed by atoms with Gasteiger partial charge in [-0.1, -0.05) is 0 Å². The van der Waals surface area contributed by atoms with Gasteiger partial charge in [0.05, 0.1) is 0 Å². The summed E-state index contributed by atoms with van der Waals surface area (Å²) in [5, 5.41) is 0. The molecule has 0 fully saturated rings. The first-order valence-electron chi connectivity index (χ1n) is 17.3. The maximum absolute atomic E-state index is 5.82. The van der Waals surface area contributed by atoms with E-state index in [1.165, 1.54) is 54.3 Å². The van der Waals surface area contributed by atoms with E-state index in [0.717, 1.165) is 6.42 Å². The Kier molecular flexibility index (Phi) is 10.3. The van der Waals surface area contributed by atoms with Crippen LogP contribution in [0.2, 0.25) is 0 Å². The van der Waals surface area contributed by atoms with Gasteiger partial charge in [0, 0.05) is 0 Å². The number of aryl methyl sites for hydroxylation is 1. The van der Waals surface area contributed by atoms with E-state index in [0.29, 0.717) is 5.92 Å². The van der Waals surface area contributed by atoms with Gasteiger partial charge in [-0.2, -0.15) is 0 Å². The average molecular weight is 759 g/mol. The number of hydrogen-bond acceptors (Lipinski definition) is 0. The summed E-state index contributed by atoms with van der Waals surface area (Å²) in [4.78, 5) is 0. The van der Waals surface area contributed by atoms with Gasteiger partial charge in [-0.25, -0.2) is 0 Å². The molecule has 0 saturated carbocycles. The van der Waals surface area contributed by atoms with Crippen molar-refractivity contribution in [3.63, 3.8) is 0 Å². The summed E-state index contributed by atoms with van der Waals surface area (Å²) in [6, 6.07) is 33.5. The van der Waals surface area contributed by atoms with Crippen molar-refractivity contribution in [1.82, 2.24) is 0 Å². The Morgan fingerprint density at radius 1 is 0.646 bits per heavy atom. The fraction of sp³-hybridized carbons (Fsp3) is 0.356. The fourth-order valence-electron chi connectivity index (χ4n) is 8.19. The van der Waals surface area contributed by atoms with Crippen molar-refractivity contribution in [1.29, 1.82) is 0 Å². The SMILES string of the molecule is Cl.Cl.[CH2]=[Zr]([C]1=CC(C(C)(C)C)=CC1C)([c]1ccccc1)([c]1ccc(C)cc1)[c]1cc(C(C)(C)C)cc2c1Cc1ccc(C(C)(C)C)cc1-2. The van der Waals surface area contributed by atoms with Gasteiger partial charge in [0.2, 0.25) is 0 Å². The fourth-order valence-corrected chi connectivity index (χ4v) is 24.6. The molecule has 254 valence electrons. The van der Waals surface area contributed by atoms with Crippen LogP contribution >= 0.6 is 24.8 Å². The Hall–Kier alpha value is -2.31. The third kappa shape index (κ3) is 6.05. The van der Waals surface area contributed by atoms with Crippen molar-refractivity contribution >= 4 is 38.8 Å². The van der Waals surface area contributed by atoms with E-state index in [9.17, 15) is 0 Å². The van der Waals surface area contributed by atoms with E-state index in [2.05, 4.69) is 173 Å². The monoisotopic (exact) mass is 756 g/mol. The molecule has 0 aromatic heterocycles. The second kappa shape index (κ2) is 12.8. The minimum absolute atomic E-state index is 0. The summed E-state index contributed by atoms with van der Waals surface area (Å²) in [5.41, 5.74) is 11.4. The summed E-state index contributed by atoms with van der Waals surface area (Å²) < 4.78 is 11.8. The standard InChI is InChI=1S/C21H25.C10H15.C7H7.C6H5.CH2.2ClH.Zr/c1-20(2,3)16-9-7-14-11-15-8-10-17(21(4,5)6)13-19(15)18(14)12-16;1-8-5-6-9(7-8)10(2,3)4;1-7-5-3-2-4-6-7;1-2-4-6-5-3-1;;;;/h7,9-10,12-13H,11H2,1-6H3;6-8H,1-4H3;3-6H,1H3;1-5H;1H2;2*1H;. The Morgan fingerprint density at radius 2 is 1.21 bits per heavy atom. The average Bonchev–Trinajstić information content (AvgIpc) is 3.57. The summed E-state index contributed by atoms with van der Waals surface area (Å²) in [6.07, 6.45) is 6.10. The zero-order valence-corrected chi connectivity index (χ0v) is 35.1. The van der Waals surface area contributed by atoms with Crippen molar-refractivity contribution in [2.75, 3.05) is 0 Å². The molecule has 4 aromatic carbocycles. The van der Waals surface area contributed by atoms with Crippen molar-refractivity contribution < 1.29 is 18.3 Å². The molecule has 0 radical (unpaired) electrons. The summed E-state index contributed by atoms with van der Waals surface area (Å²) in [7, 11) is 0. The first-order chi connectivity index (χ1) is 21.3. The van der Waals surface area contributed by atoms with Gasteiger partial charge < -0.3 is 0 Å². The molecular weight excluding hydrogens is 703 g/mol. The molecule has 1 unspecified atom stereocenters. The molecule has 0 nitrogen and oxygen atoms in total. The van der Waals surface area contributed by atoms with Gasteiger partial charge in [-0.15, -0.1) is 24.8 Å². The molecule has 4 aromatic rings. The molecule has 2 aliphatic rings. The molecule has 2 aliphatic carbocycles. The minimum atomic E-state index is -4.93. The number of benzene rings is 4. The number of fused-ring (bicyclic) bond motifs is 3. The van der Waals surface area contributed by atoms with Crippen molar-refractivity contribution in [3.8, 4) is 11.1 Å². The predicted octanol–water partition coefficient (Wildman–Crippen LogP) is 10.9. The van der Waals surface area contributed by atoms with Gasteiger partial charge in [0.15, 0.2) is 0 Å². The van der Waals surface area contributed by atoms with Gasteiger partial charge >= 0.3 is 282 Å². The third-order valence-corrected chi connectivity index (χ3v) is 27.7. The number of halogens is 2. The van der Waals surface area contributed by atoms with Crippen LogP contribution < -0.4 is 9.81 Å². The zero-order valence-electron chi connectivity index (χ0n) is 31.0. The van der Waals surface area contributed by atoms with Gasteiger partial charge in [-0.3, -0.25) is 0 Å². The predicted molar refractivity (Wildman–Crippen MR) is 215 cm³/mol. The van der Waals surface area contributed by atoms with Crippen LogP contribution in [-0.4, -0.2) is 4.21 Å². The van der Waals surface area contributed by atoms with Gasteiger partial charge in [-0.05, 0) is 0 Å². The molecular formula is C45H56Cl2Zr. The molecule has 0 bridgehead atoms. The Labute approximate surface area is 304 Å². The molecule has 0 saturated heterocycles. The van der Waals surface area contributed by atoms with Crippen LogP contribution in [-0.2, 0) is 35.5 Å². The molecule has 3 heteroatoms. The van der Waals surface area contributed by atoms with Crippen LogP contribution in [0.25, 0.3) is 11.1 Å². The second-order valence-corrected chi connectivity index (χ2v) is 30.3. The van der Waals surface area contributed by atoms with Crippen LogP contribution in [0.3, 0.4) is 0 Å². The maximum atomic E-state index is 5.82. The van der Waals surface area contributed by atoms with E-state index in [4.69, 9.17) is 4.21 Å². The molecule has 48 heavy (non-hydrogen) atoms. The van der Waals surface area contributed by atoms with Crippen LogP contribution in [0.15, 0.2) is 106 Å². The van der Waals surface area contributed by atoms with Crippen LogP contribution in [0.1, 0.15) is 97.1 Å². The van der Waals surface area contributed by atoms with E-state index in [1.54, 1.807) is 3.28 Å². The summed E-state index contributed by atoms with van der Waals surface area (Å²) in [6.45, 7) is 25.8. The molecule has 0 spiro atoms. The normalized spacial score (nSPS) is 16.3. The summed E-state index contributed by atoms with van der Waals surface area (Å²) >= 11 is -4.93. The molecule has 0 amide bonds. The zero-order chi connectivity index (χ0) is 33.5. The topological polar surface area (TPSA) is 0 Å². The van der Waals surface area contributed by atoms with E-state index in [1.807, 2.05) is 0 Å². The van der Waals surface area contributed by atoms with Crippen molar-refractivity contribution in [2.45, 2.75) is 93.4 Å². The molecule has 0 aliphatic heterocycles.